The molecule has 0 saturated heterocycles. The lowest BCUT2D eigenvalue weighted by Gasteiger charge is -2.28. The van der Waals surface area contributed by atoms with E-state index >= 15 is 0 Å². The second-order valence-electron chi connectivity index (χ2n) is 7.82. The molecule has 160 valence electrons. The number of phenolic OH excluding ortho intramolecular Hbond substituents is 1. The molecule has 1 aliphatic heterocycles. The summed E-state index contributed by atoms with van der Waals surface area (Å²) >= 11 is 0. The molecule has 0 aliphatic carbocycles. The number of aryl methyl sites for hydroxylation is 1. The molecule has 1 aromatic heterocycles. The van der Waals surface area contributed by atoms with Crippen LogP contribution in [0.25, 0.3) is 22.1 Å². The summed E-state index contributed by atoms with van der Waals surface area (Å²) in [6.07, 6.45) is 0.144. The van der Waals surface area contributed by atoms with Gasteiger partial charge in [-0.25, -0.2) is 4.79 Å². The van der Waals surface area contributed by atoms with E-state index in [-0.39, 0.29) is 24.1 Å². The Bertz CT molecular complexity index is 1420. The molecule has 1 aliphatic rings. The lowest BCUT2D eigenvalue weighted by atomic mass is 9.82. The van der Waals surface area contributed by atoms with Crippen molar-refractivity contribution in [2.24, 2.45) is 0 Å². The van der Waals surface area contributed by atoms with E-state index in [9.17, 15) is 14.7 Å². The van der Waals surface area contributed by atoms with Gasteiger partial charge in [0.1, 0.15) is 11.3 Å². The molecule has 1 atom stereocenters. The third kappa shape index (κ3) is 3.21. The highest BCUT2D eigenvalue weighted by atomic mass is 16.5. The zero-order valence-corrected chi connectivity index (χ0v) is 17.5. The maximum Gasteiger partial charge on any atom is 0.336 e. The van der Waals surface area contributed by atoms with Crippen molar-refractivity contribution >= 4 is 16.9 Å². The van der Waals surface area contributed by atoms with Gasteiger partial charge < -0.3 is 19.0 Å². The number of phenols is 1. The van der Waals surface area contributed by atoms with Crippen LogP contribution >= 0.6 is 0 Å². The SMILES string of the molecule is COc1cc(C2CC(=O)Oc3c2c(C)cc2oc(=O)cc(-c4ccccc4)c32)ccc1O. The predicted octanol–water partition coefficient (Wildman–Crippen LogP) is 4.92. The Morgan fingerprint density at radius 1 is 1.03 bits per heavy atom. The van der Waals surface area contributed by atoms with Gasteiger partial charge in [0.15, 0.2) is 11.5 Å². The van der Waals surface area contributed by atoms with Crippen molar-refractivity contribution in [1.82, 2.24) is 0 Å². The average Bonchev–Trinajstić information content (AvgIpc) is 2.78. The fourth-order valence-electron chi connectivity index (χ4n) is 4.44. The summed E-state index contributed by atoms with van der Waals surface area (Å²) < 4.78 is 16.5. The van der Waals surface area contributed by atoms with Crippen LogP contribution in [0.2, 0.25) is 0 Å². The van der Waals surface area contributed by atoms with E-state index in [1.807, 2.05) is 43.3 Å². The minimum absolute atomic E-state index is 0.0261. The third-order valence-electron chi connectivity index (χ3n) is 5.86. The van der Waals surface area contributed by atoms with E-state index in [0.29, 0.717) is 28.0 Å². The van der Waals surface area contributed by atoms with Gasteiger partial charge in [0.2, 0.25) is 0 Å². The van der Waals surface area contributed by atoms with Gasteiger partial charge in [-0.2, -0.15) is 0 Å². The van der Waals surface area contributed by atoms with E-state index in [2.05, 4.69) is 0 Å². The number of ether oxygens (including phenoxy) is 2. The zero-order chi connectivity index (χ0) is 22.4. The monoisotopic (exact) mass is 428 g/mol. The molecule has 6 heteroatoms. The van der Waals surface area contributed by atoms with Crippen molar-refractivity contribution in [3.63, 3.8) is 0 Å². The fourth-order valence-corrected chi connectivity index (χ4v) is 4.44. The van der Waals surface area contributed by atoms with Crippen LogP contribution in [-0.4, -0.2) is 18.2 Å². The summed E-state index contributed by atoms with van der Waals surface area (Å²) in [6.45, 7) is 1.90. The Kier molecular flexibility index (Phi) is 4.70. The predicted molar refractivity (Wildman–Crippen MR) is 119 cm³/mol. The summed E-state index contributed by atoms with van der Waals surface area (Å²) in [5.41, 5.74) is 3.85. The van der Waals surface area contributed by atoms with Gasteiger partial charge in [-0.1, -0.05) is 36.4 Å². The van der Waals surface area contributed by atoms with E-state index in [4.69, 9.17) is 13.9 Å². The summed E-state index contributed by atoms with van der Waals surface area (Å²) in [6, 6.07) is 17.7. The molecule has 1 unspecified atom stereocenters. The zero-order valence-electron chi connectivity index (χ0n) is 17.5. The topological polar surface area (TPSA) is 86.0 Å². The molecule has 0 spiro atoms. The summed E-state index contributed by atoms with van der Waals surface area (Å²) in [7, 11) is 1.48. The summed E-state index contributed by atoms with van der Waals surface area (Å²) in [4.78, 5) is 25.0. The van der Waals surface area contributed by atoms with Crippen LogP contribution in [-0.2, 0) is 4.79 Å². The minimum Gasteiger partial charge on any atom is -0.504 e. The molecular formula is C26H20O6. The number of esters is 1. The fraction of sp³-hybridized carbons (Fsp3) is 0.154. The molecule has 1 N–H and O–H groups in total. The highest BCUT2D eigenvalue weighted by Gasteiger charge is 2.33. The van der Waals surface area contributed by atoms with Crippen LogP contribution in [0.5, 0.6) is 17.2 Å². The Labute approximate surface area is 183 Å². The van der Waals surface area contributed by atoms with Crippen LogP contribution in [0.4, 0.5) is 0 Å². The number of carbonyl (C=O) groups excluding carboxylic acids is 1. The average molecular weight is 428 g/mol. The Balaban J connectivity index is 1.83. The van der Waals surface area contributed by atoms with Crippen LogP contribution in [0.3, 0.4) is 0 Å². The first-order valence-electron chi connectivity index (χ1n) is 10.2. The lowest BCUT2D eigenvalue weighted by molar-refractivity contribution is -0.135. The highest BCUT2D eigenvalue weighted by Crippen LogP contribution is 2.48. The van der Waals surface area contributed by atoms with E-state index in [0.717, 1.165) is 22.3 Å². The number of rotatable bonds is 3. The summed E-state index contributed by atoms with van der Waals surface area (Å²) in [5.74, 6) is 0.0684. The molecule has 0 fully saturated rings. The molecule has 0 bridgehead atoms. The van der Waals surface area contributed by atoms with Gasteiger partial charge in [-0.3, -0.25) is 4.79 Å². The largest absolute Gasteiger partial charge is 0.504 e. The molecule has 6 nitrogen and oxygen atoms in total. The molecule has 2 heterocycles. The number of fused-ring (bicyclic) bond motifs is 3. The Morgan fingerprint density at radius 2 is 1.81 bits per heavy atom. The smallest absolute Gasteiger partial charge is 0.336 e. The van der Waals surface area contributed by atoms with Gasteiger partial charge >= 0.3 is 11.6 Å². The number of benzene rings is 3. The van der Waals surface area contributed by atoms with Crippen molar-refractivity contribution in [3.8, 4) is 28.4 Å². The lowest BCUT2D eigenvalue weighted by Crippen LogP contribution is -2.22. The van der Waals surface area contributed by atoms with Crippen molar-refractivity contribution in [3.05, 3.63) is 87.8 Å². The molecule has 0 radical (unpaired) electrons. The molecule has 3 aromatic carbocycles. The first-order valence-corrected chi connectivity index (χ1v) is 10.2. The van der Waals surface area contributed by atoms with Crippen LogP contribution < -0.4 is 15.1 Å². The van der Waals surface area contributed by atoms with Gasteiger partial charge in [0.05, 0.1) is 18.9 Å². The second-order valence-corrected chi connectivity index (χ2v) is 7.82. The normalized spacial score (nSPS) is 15.3. The Hall–Kier alpha value is -4.06. The number of carbonyl (C=O) groups is 1. The first-order chi connectivity index (χ1) is 15.5. The van der Waals surface area contributed by atoms with E-state index in [1.165, 1.54) is 13.2 Å². The van der Waals surface area contributed by atoms with E-state index < -0.39 is 5.63 Å². The third-order valence-corrected chi connectivity index (χ3v) is 5.86. The van der Waals surface area contributed by atoms with Crippen LogP contribution in [0.15, 0.2) is 69.9 Å². The first kappa shape index (κ1) is 19.9. The maximum atomic E-state index is 12.7. The van der Waals surface area contributed by atoms with Crippen molar-refractivity contribution in [2.75, 3.05) is 7.11 Å². The van der Waals surface area contributed by atoms with Crippen molar-refractivity contribution in [1.29, 1.82) is 0 Å². The number of hydrogen-bond donors (Lipinski definition) is 1. The van der Waals surface area contributed by atoms with Gasteiger partial charge in [0, 0.05) is 23.1 Å². The molecule has 5 rings (SSSR count). The van der Waals surface area contributed by atoms with Crippen molar-refractivity contribution in [2.45, 2.75) is 19.3 Å². The van der Waals surface area contributed by atoms with Crippen molar-refractivity contribution < 1.29 is 23.8 Å². The quantitative estimate of drug-likeness (QED) is 0.283. The van der Waals surface area contributed by atoms with Gasteiger partial charge in [-0.15, -0.1) is 0 Å². The standard InChI is InChI=1S/C26H20O6/c1-14-10-21-25(17(12-22(28)31-21)15-6-4-3-5-7-15)26-24(14)18(13-23(29)32-26)16-8-9-19(27)20(11-16)30-2/h3-12,18,27H,13H2,1-2H3. The highest BCUT2D eigenvalue weighted by molar-refractivity contribution is 6.01. The number of hydrogen-bond acceptors (Lipinski definition) is 6. The van der Waals surface area contributed by atoms with Crippen LogP contribution in [0.1, 0.15) is 29.0 Å². The second kappa shape index (κ2) is 7.57. The molecule has 32 heavy (non-hydrogen) atoms. The summed E-state index contributed by atoms with van der Waals surface area (Å²) in [5, 5.41) is 10.6. The maximum absolute atomic E-state index is 12.7. The number of methoxy groups -OCH3 is 1. The van der Waals surface area contributed by atoms with Gasteiger partial charge in [-0.05, 0) is 41.8 Å². The molecule has 0 amide bonds. The Morgan fingerprint density at radius 3 is 2.56 bits per heavy atom. The molecule has 4 aromatic rings. The molecule has 0 saturated carbocycles. The van der Waals surface area contributed by atoms with Gasteiger partial charge in [0.25, 0.3) is 0 Å². The number of aromatic hydroxyl groups is 1. The van der Waals surface area contributed by atoms with Crippen LogP contribution in [0, 0.1) is 6.92 Å². The van der Waals surface area contributed by atoms with E-state index in [1.54, 1.807) is 18.2 Å². The minimum atomic E-state index is -0.474. The molecular weight excluding hydrogens is 408 g/mol.